The number of nitrogens with one attached hydrogen (secondary N) is 1. The van der Waals surface area contributed by atoms with Gasteiger partial charge in [0, 0.05) is 5.54 Å². The summed E-state index contributed by atoms with van der Waals surface area (Å²) in [7, 11) is 0. The topological polar surface area (TPSA) is 38.3 Å². The van der Waals surface area contributed by atoms with Crippen molar-refractivity contribution < 1.29 is 9.53 Å². The minimum Gasteiger partial charge on any atom is -0.491 e. The molecule has 3 nitrogen and oxygen atoms in total. The van der Waals surface area contributed by atoms with Crippen molar-refractivity contribution in [1.29, 1.82) is 0 Å². The Morgan fingerprint density at radius 2 is 1.78 bits per heavy atom. The molecule has 0 radical (unpaired) electrons. The average molecular weight is 249 g/mol. The van der Waals surface area contributed by atoms with E-state index in [-0.39, 0.29) is 17.6 Å². The van der Waals surface area contributed by atoms with E-state index in [1.165, 1.54) is 0 Å². The smallest absolute Gasteiger partial charge is 0.224 e. The largest absolute Gasteiger partial charge is 0.491 e. The fourth-order valence-corrected chi connectivity index (χ4v) is 1.61. The van der Waals surface area contributed by atoms with Crippen LogP contribution in [0.15, 0.2) is 24.3 Å². The molecular weight excluding hydrogens is 226 g/mol. The van der Waals surface area contributed by atoms with Gasteiger partial charge < -0.3 is 10.1 Å². The molecule has 1 aromatic carbocycles. The fraction of sp³-hybridized carbons (Fsp3) is 0.533. The van der Waals surface area contributed by atoms with Gasteiger partial charge in [0.25, 0.3) is 0 Å². The molecule has 0 saturated heterocycles. The lowest BCUT2D eigenvalue weighted by atomic mass is 10.1. The summed E-state index contributed by atoms with van der Waals surface area (Å²) in [5, 5.41) is 2.94. The zero-order chi connectivity index (χ0) is 13.8. The maximum Gasteiger partial charge on any atom is 0.224 e. The number of carbonyl (C=O) groups excluding carboxylic acids is 1. The number of carbonyl (C=O) groups is 1. The third-order valence-electron chi connectivity index (χ3n) is 2.17. The van der Waals surface area contributed by atoms with Crippen molar-refractivity contribution in [2.24, 2.45) is 0 Å². The van der Waals surface area contributed by atoms with Crippen LogP contribution in [-0.2, 0) is 11.2 Å². The highest BCUT2D eigenvalue weighted by Gasteiger charge is 2.13. The monoisotopic (exact) mass is 249 g/mol. The van der Waals surface area contributed by atoms with Gasteiger partial charge in [-0.05, 0) is 52.3 Å². The van der Waals surface area contributed by atoms with E-state index >= 15 is 0 Å². The van der Waals surface area contributed by atoms with Crippen molar-refractivity contribution >= 4 is 5.91 Å². The van der Waals surface area contributed by atoms with Gasteiger partial charge in [0.05, 0.1) is 12.5 Å². The molecule has 0 spiro atoms. The molecule has 1 amide bonds. The molecule has 1 N–H and O–H groups in total. The molecule has 0 heterocycles. The van der Waals surface area contributed by atoms with E-state index in [0.29, 0.717) is 6.42 Å². The van der Waals surface area contributed by atoms with Gasteiger partial charge in [-0.15, -0.1) is 0 Å². The number of hydrogen-bond donors (Lipinski definition) is 1. The Bertz CT molecular complexity index is 388. The molecule has 0 aliphatic rings. The van der Waals surface area contributed by atoms with Crippen molar-refractivity contribution in [2.75, 3.05) is 0 Å². The van der Waals surface area contributed by atoms with Gasteiger partial charge in [0.2, 0.25) is 5.91 Å². The van der Waals surface area contributed by atoms with E-state index < -0.39 is 0 Å². The van der Waals surface area contributed by atoms with Crippen LogP contribution in [0, 0.1) is 0 Å². The minimum absolute atomic E-state index is 0.0417. The lowest BCUT2D eigenvalue weighted by Gasteiger charge is -2.20. The number of rotatable bonds is 4. The summed E-state index contributed by atoms with van der Waals surface area (Å²) < 4.78 is 5.55. The Kier molecular flexibility index (Phi) is 4.76. The van der Waals surface area contributed by atoms with Crippen LogP contribution in [0.5, 0.6) is 5.75 Å². The normalized spacial score (nSPS) is 11.4. The van der Waals surface area contributed by atoms with Gasteiger partial charge in [0.15, 0.2) is 0 Å². The molecule has 0 atom stereocenters. The summed E-state index contributed by atoms with van der Waals surface area (Å²) in [6.45, 7) is 9.91. The zero-order valence-electron chi connectivity index (χ0n) is 11.9. The van der Waals surface area contributed by atoms with Crippen molar-refractivity contribution in [2.45, 2.75) is 52.7 Å². The van der Waals surface area contributed by atoms with E-state index in [0.717, 1.165) is 11.3 Å². The Labute approximate surface area is 110 Å². The predicted molar refractivity (Wildman–Crippen MR) is 73.8 cm³/mol. The van der Waals surface area contributed by atoms with Gasteiger partial charge in [-0.2, -0.15) is 0 Å². The summed E-state index contributed by atoms with van der Waals surface area (Å²) in [5.74, 6) is 0.880. The standard InChI is InChI=1S/C15H23NO2/c1-11(2)18-13-8-6-12(7-9-13)10-14(17)16-15(3,4)5/h6-9,11H,10H2,1-5H3,(H,16,17). The van der Waals surface area contributed by atoms with Crippen LogP contribution >= 0.6 is 0 Å². The third kappa shape index (κ3) is 5.71. The van der Waals surface area contributed by atoms with Crippen LogP contribution < -0.4 is 10.1 Å². The first kappa shape index (κ1) is 14.6. The van der Waals surface area contributed by atoms with Crippen LogP contribution in [0.3, 0.4) is 0 Å². The summed E-state index contributed by atoms with van der Waals surface area (Å²) in [6.07, 6.45) is 0.569. The van der Waals surface area contributed by atoms with Crippen molar-refractivity contribution in [3.05, 3.63) is 29.8 Å². The lowest BCUT2D eigenvalue weighted by molar-refractivity contribution is -0.121. The minimum atomic E-state index is -0.183. The van der Waals surface area contributed by atoms with Crippen molar-refractivity contribution in [1.82, 2.24) is 5.32 Å². The molecule has 0 aliphatic heterocycles. The molecule has 0 saturated carbocycles. The van der Waals surface area contributed by atoms with Crippen LogP contribution in [0.25, 0.3) is 0 Å². The fourth-order valence-electron chi connectivity index (χ4n) is 1.61. The lowest BCUT2D eigenvalue weighted by Crippen LogP contribution is -2.41. The van der Waals surface area contributed by atoms with Gasteiger partial charge >= 0.3 is 0 Å². The maximum absolute atomic E-state index is 11.7. The second kappa shape index (κ2) is 5.89. The van der Waals surface area contributed by atoms with Crippen LogP contribution in [0.4, 0.5) is 0 Å². The van der Waals surface area contributed by atoms with Gasteiger partial charge in [-0.3, -0.25) is 4.79 Å². The molecule has 0 aromatic heterocycles. The van der Waals surface area contributed by atoms with Crippen molar-refractivity contribution in [3.63, 3.8) is 0 Å². The number of ether oxygens (including phenoxy) is 1. The number of hydrogen-bond acceptors (Lipinski definition) is 2. The third-order valence-corrected chi connectivity index (χ3v) is 2.17. The van der Waals surface area contributed by atoms with Crippen LogP contribution in [0.2, 0.25) is 0 Å². The Balaban J connectivity index is 2.56. The SMILES string of the molecule is CC(C)Oc1ccc(CC(=O)NC(C)(C)C)cc1. The van der Waals surface area contributed by atoms with E-state index in [1.54, 1.807) is 0 Å². The summed E-state index contributed by atoms with van der Waals surface area (Å²) >= 11 is 0. The van der Waals surface area contributed by atoms with Gasteiger partial charge in [0.1, 0.15) is 5.75 Å². The molecular formula is C15H23NO2. The first-order chi connectivity index (χ1) is 8.26. The summed E-state index contributed by atoms with van der Waals surface area (Å²) in [6, 6.07) is 7.67. The molecule has 0 bridgehead atoms. The number of benzene rings is 1. The highest BCUT2D eigenvalue weighted by molar-refractivity contribution is 5.79. The van der Waals surface area contributed by atoms with Crippen LogP contribution in [0.1, 0.15) is 40.2 Å². The summed E-state index contributed by atoms with van der Waals surface area (Å²) in [5.41, 5.74) is 0.811. The van der Waals surface area contributed by atoms with E-state index in [9.17, 15) is 4.79 Å². The molecule has 0 unspecified atom stereocenters. The predicted octanol–water partition coefficient (Wildman–Crippen LogP) is 2.93. The van der Waals surface area contributed by atoms with E-state index in [2.05, 4.69) is 5.32 Å². The van der Waals surface area contributed by atoms with Gasteiger partial charge in [-0.1, -0.05) is 12.1 Å². The molecule has 3 heteroatoms. The first-order valence-electron chi connectivity index (χ1n) is 6.33. The quantitative estimate of drug-likeness (QED) is 0.891. The highest BCUT2D eigenvalue weighted by atomic mass is 16.5. The Hall–Kier alpha value is -1.51. The van der Waals surface area contributed by atoms with Gasteiger partial charge in [-0.25, -0.2) is 0 Å². The Morgan fingerprint density at radius 3 is 2.22 bits per heavy atom. The summed E-state index contributed by atoms with van der Waals surface area (Å²) in [4.78, 5) is 11.7. The van der Waals surface area contributed by atoms with E-state index in [4.69, 9.17) is 4.74 Å². The van der Waals surface area contributed by atoms with Crippen molar-refractivity contribution in [3.8, 4) is 5.75 Å². The molecule has 1 rings (SSSR count). The molecule has 18 heavy (non-hydrogen) atoms. The number of amides is 1. The molecule has 0 fully saturated rings. The highest BCUT2D eigenvalue weighted by Crippen LogP contribution is 2.14. The second-order valence-electron chi connectivity index (χ2n) is 5.79. The molecule has 100 valence electrons. The van der Waals surface area contributed by atoms with Crippen LogP contribution in [-0.4, -0.2) is 17.6 Å². The Morgan fingerprint density at radius 1 is 1.22 bits per heavy atom. The maximum atomic E-state index is 11.7. The molecule has 0 aliphatic carbocycles. The second-order valence-corrected chi connectivity index (χ2v) is 5.79. The zero-order valence-corrected chi connectivity index (χ0v) is 11.9. The first-order valence-corrected chi connectivity index (χ1v) is 6.33. The molecule has 1 aromatic rings. The average Bonchev–Trinajstić information content (AvgIpc) is 2.17. The van der Waals surface area contributed by atoms with E-state index in [1.807, 2.05) is 58.9 Å².